The van der Waals surface area contributed by atoms with Crippen LogP contribution in [0.1, 0.15) is 47.4 Å². The highest BCUT2D eigenvalue weighted by Crippen LogP contribution is 2.27. The molecule has 2 N–H and O–H groups in total. The summed E-state index contributed by atoms with van der Waals surface area (Å²) in [6.45, 7) is 1.51. The quantitative estimate of drug-likeness (QED) is 0.795. The van der Waals surface area contributed by atoms with Gasteiger partial charge >= 0.3 is 5.97 Å². The average Bonchev–Trinajstić information content (AvgIpc) is 2.35. The predicted molar refractivity (Wildman–Crippen MR) is 58.6 cm³/mol. The number of carboxylic acid groups (broad SMARTS) is 1. The van der Waals surface area contributed by atoms with Gasteiger partial charge < -0.3 is 10.2 Å². The molecular weight excluding hydrogens is 246 g/mol. The number of hydrogen-bond donors (Lipinski definition) is 2. The largest absolute Gasteiger partial charge is 0.479 e. The molecule has 6 heteroatoms. The van der Waals surface area contributed by atoms with Gasteiger partial charge in [-0.3, -0.25) is 4.79 Å². The molecule has 0 aliphatic heterocycles. The van der Waals surface area contributed by atoms with Crippen molar-refractivity contribution >= 4 is 11.8 Å². The summed E-state index contributed by atoms with van der Waals surface area (Å²) in [4.78, 5) is 22.1. The van der Waals surface area contributed by atoms with Crippen molar-refractivity contribution in [2.45, 2.75) is 25.9 Å². The third kappa shape index (κ3) is 2.89. The van der Waals surface area contributed by atoms with Gasteiger partial charge in [-0.2, -0.15) is 0 Å². The molecule has 1 atom stereocenters. The standard InChI is InChI=1S/C12H12F2O4/c1-2-9(15)8-5-6(10(16)12(17)18)3-4-7(8)11(13)14/h3-5,10-11,16H,2H2,1H3,(H,17,18). The molecule has 0 radical (unpaired) electrons. The highest BCUT2D eigenvalue weighted by Gasteiger charge is 2.22. The summed E-state index contributed by atoms with van der Waals surface area (Å²) in [5.74, 6) is -2.03. The normalized spacial score (nSPS) is 12.5. The van der Waals surface area contributed by atoms with Crippen LogP contribution in [0.15, 0.2) is 18.2 Å². The van der Waals surface area contributed by atoms with Gasteiger partial charge in [0.25, 0.3) is 6.43 Å². The molecule has 1 aromatic rings. The van der Waals surface area contributed by atoms with Crippen LogP contribution in [-0.4, -0.2) is 22.0 Å². The number of carbonyl (C=O) groups is 2. The molecule has 0 aliphatic rings. The van der Waals surface area contributed by atoms with Crippen molar-refractivity contribution in [1.29, 1.82) is 0 Å². The average molecular weight is 258 g/mol. The van der Waals surface area contributed by atoms with Crippen molar-refractivity contribution in [3.63, 3.8) is 0 Å². The molecule has 0 spiro atoms. The number of rotatable bonds is 5. The molecule has 1 unspecified atom stereocenters. The lowest BCUT2D eigenvalue weighted by atomic mass is 9.97. The van der Waals surface area contributed by atoms with Crippen LogP contribution >= 0.6 is 0 Å². The van der Waals surface area contributed by atoms with Crippen LogP contribution in [-0.2, 0) is 4.79 Å². The summed E-state index contributed by atoms with van der Waals surface area (Å²) in [6, 6.07) is 3.05. The lowest BCUT2D eigenvalue weighted by Gasteiger charge is -2.11. The minimum atomic E-state index is -2.83. The number of hydrogen-bond acceptors (Lipinski definition) is 3. The van der Waals surface area contributed by atoms with Crippen LogP contribution in [0.5, 0.6) is 0 Å². The predicted octanol–water partition coefficient (Wildman–Crippen LogP) is 2.33. The SMILES string of the molecule is CCC(=O)c1cc(C(O)C(=O)O)ccc1C(F)F. The van der Waals surface area contributed by atoms with Crippen molar-refractivity contribution in [3.8, 4) is 0 Å². The van der Waals surface area contributed by atoms with E-state index < -0.39 is 29.8 Å². The monoisotopic (exact) mass is 258 g/mol. The Morgan fingerprint density at radius 2 is 1.94 bits per heavy atom. The highest BCUT2D eigenvalue weighted by molar-refractivity contribution is 5.97. The first-order valence-corrected chi connectivity index (χ1v) is 5.24. The minimum Gasteiger partial charge on any atom is -0.479 e. The smallest absolute Gasteiger partial charge is 0.337 e. The Kier molecular flexibility index (Phi) is 4.49. The van der Waals surface area contributed by atoms with E-state index in [2.05, 4.69) is 0 Å². The number of carboxylic acids is 1. The first-order chi connectivity index (χ1) is 8.38. The lowest BCUT2D eigenvalue weighted by Crippen LogP contribution is -2.12. The zero-order chi connectivity index (χ0) is 13.9. The maximum absolute atomic E-state index is 12.7. The summed E-state index contributed by atoms with van der Waals surface area (Å²) in [5, 5.41) is 17.9. The first kappa shape index (κ1) is 14.2. The van der Waals surface area contributed by atoms with Gasteiger partial charge in [-0.05, 0) is 11.6 Å². The number of aliphatic carboxylic acids is 1. The molecule has 0 aliphatic carbocycles. The van der Waals surface area contributed by atoms with Gasteiger partial charge in [-0.15, -0.1) is 0 Å². The fourth-order valence-corrected chi connectivity index (χ4v) is 1.51. The van der Waals surface area contributed by atoms with Crippen molar-refractivity contribution in [2.24, 2.45) is 0 Å². The summed E-state index contributed by atoms with van der Waals surface area (Å²) in [6.07, 6.45) is -4.64. The number of ketones is 1. The minimum absolute atomic E-state index is 0.0202. The Labute approximate surface area is 102 Å². The fourth-order valence-electron chi connectivity index (χ4n) is 1.51. The Morgan fingerprint density at radius 3 is 2.39 bits per heavy atom. The second-order valence-electron chi connectivity index (χ2n) is 3.66. The number of carbonyl (C=O) groups excluding carboxylic acids is 1. The van der Waals surface area contributed by atoms with Gasteiger partial charge in [0.05, 0.1) is 0 Å². The number of Topliss-reactive ketones (excluding diaryl/α,β-unsaturated/α-hetero) is 1. The molecule has 0 amide bonds. The maximum Gasteiger partial charge on any atom is 0.337 e. The van der Waals surface area contributed by atoms with E-state index in [1.807, 2.05) is 0 Å². The van der Waals surface area contributed by atoms with Gasteiger partial charge in [0.15, 0.2) is 11.9 Å². The summed E-state index contributed by atoms with van der Waals surface area (Å²) < 4.78 is 25.4. The van der Waals surface area contributed by atoms with Gasteiger partial charge in [-0.25, -0.2) is 13.6 Å². The van der Waals surface area contributed by atoms with E-state index in [9.17, 15) is 23.5 Å². The van der Waals surface area contributed by atoms with Crippen LogP contribution in [0.3, 0.4) is 0 Å². The van der Waals surface area contributed by atoms with E-state index >= 15 is 0 Å². The van der Waals surface area contributed by atoms with E-state index in [0.717, 1.165) is 18.2 Å². The first-order valence-electron chi connectivity index (χ1n) is 5.24. The lowest BCUT2D eigenvalue weighted by molar-refractivity contribution is -0.146. The van der Waals surface area contributed by atoms with Gasteiger partial charge in [-0.1, -0.05) is 19.1 Å². The van der Waals surface area contributed by atoms with E-state index in [1.54, 1.807) is 0 Å². The molecule has 18 heavy (non-hydrogen) atoms. The zero-order valence-electron chi connectivity index (χ0n) is 9.56. The molecule has 1 aromatic carbocycles. The Bertz CT molecular complexity index is 471. The van der Waals surface area contributed by atoms with Gasteiger partial charge in [0, 0.05) is 17.5 Å². The number of halogens is 2. The maximum atomic E-state index is 12.7. The van der Waals surface area contributed by atoms with Crippen molar-refractivity contribution in [3.05, 3.63) is 34.9 Å². The van der Waals surface area contributed by atoms with Gasteiger partial charge in [0.2, 0.25) is 0 Å². The third-order valence-electron chi connectivity index (χ3n) is 2.48. The Balaban J connectivity index is 3.29. The molecule has 0 saturated carbocycles. The molecule has 4 nitrogen and oxygen atoms in total. The molecule has 0 aromatic heterocycles. The van der Waals surface area contributed by atoms with Crippen LogP contribution in [0.4, 0.5) is 8.78 Å². The van der Waals surface area contributed by atoms with Gasteiger partial charge in [0.1, 0.15) is 0 Å². The molecule has 98 valence electrons. The van der Waals surface area contributed by atoms with E-state index in [-0.39, 0.29) is 17.5 Å². The topological polar surface area (TPSA) is 74.6 Å². The van der Waals surface area contributed by atoms with Crippen LogP contribution in [0.25, 0.3) is 0 Å². The number of aliphatic hydroxyl groups is 1. The van der Waals surface area contributed by atoms with Crippen LogP contribution < -0.4 is 0 Å². The van der Waals surface area contributed by atoms with Crippen LogP contribution in [0, 0.1) is 0 Å². The second-order valence-corrected chi connectivity index (χ2v) is 3.66. The second kappa shape index (κ2) is 5.68. The van der Waals surface area contributed by atoms with E-state index in [4.69, 9.17) is 5.11 Å². The molecule has 1 rings (SSSR count). The molecule has 0 fully saturated rings. The molecule has 0 heterocycles. The summed E-state index contributed by atoms with van der Waals surface area (Å²) in [5.41, 5.74) is -0.794. The van der Waals surface area contributed by atoms with Crippen molar-refractivity contribution in [2.75, 3.05) is 0 Å². The number of benzene rings is 1. The summed E-state index contributed by atoms with van der Waals surface area (Å²) >= 11 is 0. The van der Waals surface area contributed by atoms with Crippen LogP contribution in [0.2, 0.25) is 0 Å². The van der Waals surface area contributed by atoms with Crippen molar-refractivity contribution < 1.29 is 28.6 Å². The Hall–Kier alpha value is -1.82. The number of aliphatic hydroxyl groups excluding tert-OH is 1. The molecule has 0 bridgehead atoms. The highest BCUT2D eigenvalue weighted by atomic mass is 19.3. The fraction of sp³-hybridized carbons (Fsp3) is 0.333. The van der Waals surface area contributed by atoms with Crippen molar-refractivity contribution in [1.82, 2.24) is 0 Å². The Morgan fingerprint density at radius 1 is 1.33 bits per heavy atom. The molecular formula is C12H12F2O4. The summed E-state index contributed by atoms with van der Waals surface area (Å²) in [7, 11) is 0. The zero-order valence-corrected chi connectivity index (χ0v) is 9.56. The molecule has 0 saturated heterocycles. The van der Waals surface area contributed by atoms with E-state index in [0.29, 0.717) is 0 Å². The third-order valence-corrected chi connectivity index (χ3v) is 2.48. The van der Waals surface area contributed by atoms with E-state index in [1.165, 1.54) is 6.92 Å². The number of alkyl halides is 2.